The van der Waals surface area contributed by atoms with Gasteiger partial charge in [-0.2, -0.15) is 0 Å². The van der Waals surface area contributed by atoms with E-state index in [0.29, 0.717) is 0 Å². The van der Waals surface area contributed by atoms with E-state index in [0.717, 1.165) is 38.7 Å². The molecule has 0 atom stereocenters. The lowest BCUT2D eigenvalue weighted by Gasteiger charge is -2.28. The lowest BCUT2D eigenvalue weighted by atomic mass is 10.2. The van der Waals surface area contributed by atoms with Crippen molar-refractivity contribution in [3.63, 3.8) is 0 Å². The maximum absolute atomic E-state index is 5.32. The van der Waals surface area contributed by atoms with Crippen molar-refractivity contribution in [3.8, 4) is 0 Å². The van der Waals surface area contributed by atoms with Gasteiger partial charge in [-0.1, -0.05) is 0 Å². The first-order chi connectivity index (χ1) is 7.40. The van der Waals surface area contributed by atoms with Gasteiger partial charge in [-0.15, -0.1) is 0 Å². The van der Waals surface area contributed by atoms with E-state index in [4.69, 9.17) is 4.74 Å². The lowest BCUT2D eigenvalue weighted by molar-refractivity contribution is 0.122. The number of rotatable bonds is 3. The van der Waals surface area contributed by atoms with Gasteiger partial charge in [-0.3, -0.25) is 0 Å². The van der Waals surface area contributed by atoms with Crippen LogP contribution in [0, 0.1) is 0 Å². The first kappa shape index (κ1) is 10.4. The van der Waals surface area contributed by atoms with E-state index in [1.54, 1.807) is 0 Å². The monoisotopic (exact) mass is 207 g/mol. The molecular weight excluding hydrogens is 190 g/mol. The zero-order chi connectivity index (χ0) is 10.5. The molecule has 1 aromatic heterocycles. The average Bonchev–Trinajstić information content (AvgIpc) is 2.31. The highest BCUT2D eigenvalue weighted by atomic mass is 16.5. The van der Waals surface area contributed by atoms with Crippen molar-refractivity contribution in [3.05, 3.63) is 23.9 Å². The Morgan fingerprint density at radius 2 is 2.27 bits per heavy atom. The minimum atomic E-state index is 0.804. The van der Waals surface area contributed by atoms with Crippen molar-refractivity contribution in [2.45, 2.75) is 6.54 Å². The molecule has 2 heterocycles. The number of aromatic nitrogens is 1. The zero-order valence-corrected chi connectivity index (χ0v) is 9.07. The number of hydrogen-bond donors (Lipinski definition) is 1. The van der Waals surface area contributed by atoms with E-state index in [9.17, 15) is 0 Å². The molecule has 0 amide bonds. The molecule has 1 fully saturated rings. The Labute approximate surface area is 90.3 Å². The number of nitrogens with one attached hydrogen (secondary N) is 1. The smallest absolute Gasteiger partial charge is 0.128 e. The van der Waals surface area contributed by atoms with Crippen LogP contribution in [-0.2, 0) is 11.3 Å². The third-order valence-corrected chi connectivity index (χ3v) is 2.53. The average molecular weight is 207 g/mol. The summed E-state index contributed by atoms with van der Waals surface area (Å²) in [4.78, 5) is 6.65. The van der Waals surface area contributed by atoms with Crippen LogP contribution in [0.1, 0.15) is 5.56 Å². The Hall–Kier alpha value is -1.13. The topological polar surface area (TPSA) is 37.4 Å². The molecule has 1 aliphatic rings. The first-order valence-corrected chi connectivity index (χ1v) is 5.32. The number of hydrogen-bond acceptors (Lipinski definition) is 4. The van der Waals surface area contributed by atoms with E-state index in [-0.39, 0.29) is 0 Å². The summed E-state index contributed by atoms with van der Waals surface area (Å²) in [6.45, 7) is 4.38. The normalized spacial score (nSPS) is 16.7. The predicted molar refractivity (Wildman–Crippen MR) is 60.0 cm³/mol. The Balaban J connectivity index is 2.09. The van der Waals surface area contributed by atoms with Gasteiger partial charge in [0.1, 0.15) is 5.82 Å². The summed E-state index contributed by atoms with van der Waals surface area (Å²) in [6.07, 6.45) is 1.87. The summed E-state index contributed by atoms with van der Waals surface area (Å²) in [5.74, 6) is 1.06. The molecule has 82 valence electrons. The maximum Gasteiger partial charge on any atom is 0.128 e. The van der Waals surface area contributed by atoms with Crippen LogP contribution >= 0.6 is 0 Å². The molecular formula is C11H17N3O. The van der Waals surface area contributed by atoms with Crippen LogP contribution in [0.3, 0.4) is 0 Å². The van der Waals surface area contributed by atoms with Crippen LogP contribution in [0.15, 0.2) is 18.3 Å². The lowest BCUT2D eigenvalue weighted by Crippen LogP contribution is -2.36. The maximum atomic E-state index is 5.32. The van der Waals surface area contributed by atoms with Gasteiger partial charge in [0.05, 0.1) is 13.2 Å². The molecule has 1 aromatic rings. The zero-order valence-electron chi connectivity index (χ0n) is 9.07. The van der Waals surface area contributed by atoms with Gasteiger partial charge in [0.2, 0.25) is 0 Å². The van der Waals surface area contributed by atoms with Gasteiger partial charge in [-0.25, -0.2) is 4.98 Å². The van der Waals surface area contributed by atoms with Crippen LogP contribution in [0.5, 0.6) is 0 Å². The van der Waals surface area contributed by atoms with Crippen LogP contribution in [-0.4, -0.2) is 38.3 Å². The summed E-state index contributed by atoms with van der Waals surface area (Å²) in [5.41, 5.74) is 1.27. The highest BCUT2D eigenvalue weighted by molar-refractivity contribution is 5.41. The van der Waals surface area contributed by atoms with E-state index < -0.39 is 0 Å². The third-order valence-electron chi connectivity index (χ3n) is 2.53. The molecule has 2 rings (SSSR count). The minimum Gasteiger partial charge on any atom is -0.378 e. The van der Waals surface area contributed by atoms with Gasteiger partial charge in [-0.05, 0) is 24.7 Å². The summed E-state index contributed by atoms with van der Waals surface area (Å²) in [6, 6.07) is 4.18. The number of nitrogens with zero attached hydrogens (tertiary/aromatic N) is 2. The quantitative estimate of drug-likeness (QED) is 0.789. The molecule has 1 aliphatic heterocycles. The predicted octanol–water partition coefficient (Wildman–Crippen LogP) is 0.638. The fourth-order valence-electron chi connectivity index (χ4n) is 1.74. The van der Waals surface area contributed by atoms with Crippen molar-refractivity contribution in [2.24, 2.45) is 0 Å². The summed E-state index contributed by atoms with van der Waals surface area (Å²) >= 11 is 0. The Morgan fingerprint density at radius 1 is 1.47 bits per heavy atom. The third kappa shape index (κ3) is 2.67. The van der Waals surface area contributed by atoms with Gasteiger partial charge in [0, 0.05) is 25.8 Å². The highest BCUT2D eigenvalue weighted by Crippen LogP contribution is 2.13. The molecule has 0 unspecified atom stereocenters. The second-order valence-electron chi connectivity index (χ2n) is 3.65. The number of pyridine rings is 1. The van der Waals surface area contributed by atoms with Crippen LogP contribution < -0.4 is 10.2 Å². The molecule has 4 nitrogen and oxygen atoms in total. The van der Waals surface area contributed by atoms with Gasteiger partial charge >= 0.3 is 0 Å². The van der Waals surface area contributed by atoms with Gasteiger partial charge in [0.25, 0.3) is 0 Å². The van der Waals surface area contributed by atoms with Gasteiger partial charge < -0.3 is 15.0 Å². The number of morpholine rings is 1. The van der Waals surface area contributed by atoms with Crippen LogP contribution in [0.2, 0.25) is 0 Å². The standard InChI is InChI=1S/C11H17N3O/c1-12-9-10-2-3-13-11(8-10)14-4-6-15-7-5-14/h2-3,8,12H,4-7,9H2,1H3. The Morgan fingerprint density at radius 3 is 3.00 bits per heavy atom. The summed E-state index contributed by atoms with van der Waals surface area (Å²) < 4.78 is 5.32. The Kier molecular flexibility index (Phi) is 3.53. The fraction of sp³-hybridized carbons (Fsp3) is 0.545. The van der Waals surface area contributed by atoms with Crippen LogP contribution in [0.25, 0.3) is 0 Å². The van der Waals surface area contributed by atoms with E-state index in [1.807, 2.05) is 19.3 Å². The molecule has 0 aromatic carbocycles. The first-order valence-electron chi connectivity index (χ1n) is 5.32. The highest BCUT2D eigenvalue weighted by Gasteiger charge is 2.12. The van der Waals surface area contributed by atoms with Crippen molar-refractivity contribution >= 4 is 5.82 Å². The molecule has 0 aliphatic carbocycles. The molecule has 4 heteroatoms. The van der Waals surface area contributed by atoms with Crippen molar-refractivity contribution in [1.82, 2.24) is 10.3 Å². The van der Waals surface area contributed by atoms with Crippen molar-refractivity contribution in [2.75, 3.05) is 38.3 Å². The number of ether oxygens (including phenoxy) is 1. The molecule has 1 N–H and O–H groups in total. The molecule has 0 spiro atoms. The summed E-state index contributed by atoms with van der Waals surface area (Å²) in [5, 5.41) is 3.14. The largest absolute Gasteiger partial charge is 0.378 e. The molecule has 0 saturated carbocycles. The molecule has 1 saturated heterocycles. The molecule has 0 bridgehead atoms. The van der Waals surface area contributed by atoms with E-state index in [1.165, 1.54) is 5.56 Å². The Bertz CT molecular complexity index is 310. The second-order valence-corrected chi connectivity index (χ2v) is 3.65. The van der Waals surface area contributed by atoms with Gasteiger partial charge in [0.15, 0.2) is 0 Å². The van der Waals surface area contributed by atoms with Crippen molar-refractivity contribution in [1.29, 1.82) is 0 Å². The van der Waals surface area contributed by atoms with Crippen LogP contribution in [0.4, 0.5) is 5.82 Å². The molecule has 0 radical (unpaired) electrons. The second kappa shape index (κ2) is 5.09. The molecule has 15 heavy (non-hydrogen) atoms. The van der Waals surface area contributed by atoms with E-state index >= 15 is 0 Å². The van der Waals surface area contributed by atoms with Crippen molar-refractivity contribution < 1.29 is 4.74 Å². The minimum absolute atomic E-state index is 0.804. The van der Waals surface area contributed by atoms with E-state index in [2.05, 4.69) is 21.3 Å². The fourth-order valence-corrected chi connectivity index (χ4v) is 1.74. The summed E-state index contributed by atoms with van der Waals surface area (Å²) in [7, 11) is 1.95. The SMILES string of the molecule is CNCc1ccnc(N2CCOCC2)c1. The number of anilines is 1.